The number of imidazole rings is 1. The number of aromatic nitrogens is 4. The van der Waals surface area contributed by atoms with Gasteiger partial charge in [-0.15, -0.1) is 0 Å². The average molecular weight is 709 g/mol. The molecule has 2 aliphatic rings. The summed E-state index contributed by atoms with van der Waals surface area (Å²) in [5.74, 6) is -1.26. The number of rotatable bonds is 14. The van der Waals surface area contributed by atoms with Crippen LogP contribution in [0, 0.1) is 0 Å². The maximum Gasteiger partial charge on any atom is 0.471 e. The summed E-state index contributed by atoms with van der Waals surface area (Å²) in [5.41, 5.74) is 2.99. The average Bonchev–Trinajstić information content (AvgIpc) is 3.69. The maximum atomic E-state index is 13.7. The van der Waals surface area contributed by atoms with Crippen LogP contribution in [-0.2, 0) is 4.79 Å². The summed E-state index contributed by atoms with van der Waals surface area (Å²) in [6.07, 6.45) is -2.39. The minimum Gasteiger partial charge on any atom is -0.388 e. The number of fused-ring (bicyclic) bond motifs is 1. The van der Waals surface area contributed by atoms with Crippen LogP contribution < -0.4 is 10.6 Å². The number of aliphatic hydroxyl groups excluding tert-OH is 2. The lowest BCUT2D eigenvalue weighted by atomic mass is 9.91. The molecule has 1 saturated carbocycles. The number of amides is 1. The molecule has 2 aromatic carbocycles. The van der Waals surface area contributed by atoms with Gasteiger partial charge in [0.15, 0.2) is 17.0 Å². The van der Waals surface area contributed by atoms with Gasteiger partial charge in [-0.2, -0.15) is 23.1 Å². The second kappa shape index (κ2) is 16.4. The number of carbonyl (C=O) groups excluding carboxylic acids is 1. The molecular weight excluding hydrogens is 661 g/mol. The quantitative estimate of drug-likeness (QED) is 0.140. The molecule has 0 spiro atoms. The highest BCUT2D eigenvalue weighted by molar-refractivity contribution is 5.85. The Bertz CT molecular complexity index is 1680. The third-order valence-electron chi connectivity index (χ3n) is 10.1. The number of benzene rings is 2. The molecule has 0 radical (unpaired) electrons. The summed E-state index contributed by atoms with van der Waals surface area (Å²) >= 11 is 0. The van der Waals surface area contributed by atoms with E-state index in [4.69, 9.17) is 9.97 Å². The van der Waals surface area contributed by atoms with E-state index in [0.717, 1.165) is 30.8 Å². The van der Waals surface area contributed by atoms with Crippen molar-refractivity contribution >= 4 is 28.8 Å². The zero-order chi connectivity index (χ0) is 36.0. The molecule has 51 heavy (non-hydrogen) atoms. The minimum absolute atomic E-state index is 0.0251. The van der Waals surface area contributed by atoms with Gasteiger partial charge in [0.2, 0.25) is 5.95 Å². The van der Waals surface area contributed by atoms with Crippen LogP contribution in [0.15, 0.2) is 67.0 Å². The Morgan fingerprint density at radius 3 is 2.25 bits per heavy atom. The summed E-state index contributed by atoms with van der Waals surface area (Å²) in [7, 11) is 0. The smallest absolute Gasteiger partial charge is 0.388 e. The van der Waals surface area contributed by atoms with Gasteiger partial charge in [-0.05, 0) is 49.9 Å². The second-order valence-corrected chi connectivity index (χ2v) is 13.5. The molecule has 274 valence electrons. The molecule has 11 nitrogen and oxygen atoms in total. The van der Waals surface area contributed by atoms with Crippen molar-refractivity contribution in [3.63, 3.8) is 0 Å². The Morgan fingerprint density at radius 1 is 0.961 bits per heavy atom. The van der Waals surface area contributed by atoms with Crippen molar-refractivity contribution in [2.75, 3.05) is 49.9 Å². The molecule has 14 heteroatoms. The monoisotopic (exact) mass is 708 g/mol. The standard InChI is InChI=1S/C37H47F3N8O3/c1-2-3-20-47(35(51)37(38,39)40)28-22-29(32(50)31(28)49)48-24-43-30-33(44-36(45-34(30)48)41-17-21-46-18-11-6-12-19-46)42-23-27(25-13-7-4-8-14-25)26-15-9-5-10-16-26/h4-5,7-10,13-16,24,27-29,31-32,49-50H,2-3,6,11-12,17-23H2,1H3,(H2,41,42,44,45)/t28-,29+,31+,32-/m0/s1. The van der Waals surface area contributed by atoms with Crippen LogP contribution in [0.3, 0.4) is 0 Å². The number of carbonyl (C=O) groups is 1. The molecule has 6 rings (SSSR count). The highest BCUT2D eigenvalue weighted by atomic mass is 19.4. The van der Waals surface area contributed by atoms with E-state index in [-0.39, 0.29) is 18.9 Å². The fourth-order valence-electron chi connectivity index (χ4n) is 7.35. The van der Waals surface area contributed by atoms with E-state index in [9.17, 15) is 28.2 Å². The molecule has 4 atom stereocenters. The highest BCUT2D eigenvalue weighted by Crippen LogP contribution is 2.38. The largest absolute Gasteiger partial charge is 0.471 e. The summed E-state index contributed by atoms with van der Waals surface area (Å²) < 4.78 is 42.6. The molecule has 1 aliphatic carbocycles. The van der Waals surface area contributed by atoms with Crippen molar-refractivity contribution in [1.82, 2.24) is 29.3 Å². The zero-order valence-corrected chi connectivity index (χ0v) is 28.8. The lowest BCUT2D eigenvalue weighted by Crippen LogP contribution is -2.51. The lowest BCUT2D eigenvalue weighted by molar-refractivity contribution is -0.190. The number of likely N-dealkylation sites (tertiary alicyclic amines) is 1. The molecule has 2 fully saturated rings. The van der Waals surface area contributed by atoms with Crippen LogP contribution in [0.4, 0.5) is 24.9 Å². The maximum absolute atomic E-state index is 13.7. The predicted molar refractivity (Wildman–Crippen MR) is 189 cm³/mol. The van der Waals surface area contributed by atoms with Crippen molar-refractivity contribution in [3.8, 4) is 0 Å². The van der Waals surface area contributed by atoms with Gasteiger partial charge >= 0.3 is 12.1 Å². The van der Waals surface area contributed by atoms with Gasteiger partial charge in [0.25, 0.3) is 0 Å². The number of nitrogens with one attached hydrogen (secondary N) is 2. The topological polar surface area (TPSA) is 132 Å². The van der Waals surface area contributed by atoms with E-state index in [1.54, 1.807) is 4.57 Å². The van der Waals surface area contributed by atoms with Gasteiger partial charge in [-0.25, -0.2) is 4.98 Å². The van der Waals surface area contributed by atoms with Crippen LogP contribution in [0.5, 0.6) is 0 Å². The first-order valence-corrected chi connectivity index (χ1v) is 17.9. The van der Waals surface area contributed by atoms with Crippen molar-refractivity contribution in [3.05, 3.63) is 78.1 Å². The summed E-state index contributed by atoms with van der Waals surface area (Å²) in [4.78, 5) is 29.8. The van der Waals surface area contributed by atoms with E-state index < -0.39 is 36.4 Å². The molecule has 4 N–H and O–H groups in total. The van der Waals surface area contributed by atoms with Crippen LogP contribution >= 0.6 is 0 Å². The number of nitrogens with zero attached hydrogens (tertiary/aromatic N) is 6. The van der Waals surface area contributed by atoms with Crippen LogP contribution in [0.1, 0.15) is 68.5 Å². The number of unbranched alkanes of at least 4 members (excludes halogenated alkanes) is 1. The van der Waals surface area contributed by atoms with Gasteiger partial charge in [-0.3, -0.25) is 4.79 Å². The van der Waals surface area contributed by atoms with Gasteiger partial charge in [-0.1, -0.05) is 80.4 Å². The van der Waals surface area contributed by atoms with Crippen LogP contribution in [0.25, 0.3) is 11.2 Å². The van der Waals surface area contributed by atoms with Crippen molar-refractivity contribution in [2.45, 2.75) is 81.8 Å². The summed E-state index contributed by atoms with van der Waals surface area (Å²) in [6, 6.07) is 18.1. The van der Waals surface area contributed by atoms with E-state index in [1.807, 2.05) is 43.3 Å². The van der Waals surface area contributed by atoms with Gasteiger partial charge in [0.05, 0.1) is 18.4 Å². The second-order valence-electron chi connectivity index (χ2n) is 13.5. The Balaban J connectivity index is 1.32. The van der Waals surface area contributed by atoms with Crippen LogP contribution in [0.2, 0.25) is 0 Å². The first-order chi connectivity index (χ1) is 24.7. The van der Waals surface area contributed by atoms with Crippen molar-refractivity contribution < 1.29 is 28.2 Å². The Kier molecular flexibility index (Phi) is 11.7. The molecular formula is C37H47F3N8O3. The molecule has 2 aromatic heterocycles. The summed E-state index contributed by atoms with van der Waals surface area (Å²) in [5, 5.41) is 29.2. The third kappa shape index (κ3) is 8.45. The Morgan fingerprint density at radius 2 is 1.63 bits per heavy atom. The van der Waals surface area contributed by atoms with E-state index in [0.29, 0.717) is 53.8 Å². The lowest BCUT2D eigenvalue weighted by Gasteiger charge is -2.31. The van der Waals surface area contributed by atoms with Gasteiger partial charge in [0, 0.05) is 32.1 Å². The first kappa shape index (κ1) is 36.5. The number of hydrogen-bond acceptors (Lipinski definition) is 9. The van der Waals surface area contributed by atoms with E-state index in [2.05, 4.69) is 44.8 Å². The van der Waals surface area contributed by atoms with Gasteiger partial charge < -0.3 is 35.2 Å². The number of anilines is 2. The van der Waals surface area contributed by atoms with Crippen molar-refractivity contribution in [1.29, 1.82) is 0 Å². The molecule has 0 unspecified atom stereocenters. The fourth-order valence-corrected chi connectivity index (χ4v) is 7.35. The number of aliphatic hydroxyl groups is 2. The number of hydrogen-bond donors (Lipinski definition) is 4. The number of halogens is 3. The molecule has 3 heterocycles. The first-order valence-electron chi connectivity index (χ1n) is 17.9. The van der Waals surface area contributed by atoms with E-state index in [1.165, 1.54) is 25.6 Å². The normalized spacial score (nSPS) is 21.3. The SMILES string of the molecule is CCCCN(C(=O)C(F)(F)F)[C@H]1C[C@@H](n2cnc3c(NCC(c4ccccc4)c4ccccc4)nc(NCCN4CCCCC4)nc32)[C@H](O)[C@@H]1O. The zero-order valence-electron chi connectivity index (χ0n) is 28.8. The molecule has 1 amide bonds. The van der Waals surface area contributed by atoms with Crippen LogP contribution in [-0.4, -0.2) is 109 Å². The molecule has 1 saturated heterocycles. The predicted octanol–water partition coefficient (Wildman–Crippen LogP) is 5.19. The number of piperidine rings is 1. The van der Waals surface area contributed by atoms with E-state index >= 15 is 0 Å². The molecule has 0 bridgehead atoms. The third-order valence-corrected chi connectivity index (χ3v) is 10.1. The fraction of sp³-hybridized carbons (Fsp3) is 0.514. The Labute approximate surface area is 295 Å². The van der Waals surface area contributed by atoms with Gasteiger partial charge in [0.1, 0.15) is 12.2 Å². The molecule has 4 aromatic rings. The van der Waals surface area contributed by atoms with Crippen molar-refractivity contribution in [2.24, 2.45) is 0 Å². The Hall–Kier alpha value is -4.27. The minimum atomic E-state index is -5.11. The summed E-state index contributed by atoms with van der Waals surface area (Å²) in [6.45, 7) is 5.57. The number of alkyl halides is 3. The molecule has 1 aliphatic heterocycles. The highest BCUT2D eigenvalue weighted by Gasteiger charge is 2.51.